The molecule has 1 aliphatic rings. The number of fused-ring (bicyclic) bond motifs is 1. The molecule has 3 aromatic heterocycles. The Labute approximate surface area is 199 Å². The number of ether oxygens (including phenoxy) is 1. The van der Waals surface area contributed by atoms with E-state index >= 15 is 0 Å². The molecule has 1 amide bonds. The van der Waals surface area contributed by atoms with Crippen LogP contribution in [-0.4, -0.2) is 70.0 Å². The lowest BCUT2D eigenvalue weighted by molar-refractivity contribution is 0.102. The average Bonchev–Trinajstić information content (AvgIpc) is 3.49. The number of rotatable bonds is 7. The molecular formula is C23H24N6O4S. The number of thiazole rings is 1. The first-order chi connectivity index (χ1) is 16.6. The fourth-order valence-electron chi connectivity index (χ4n) is 3.90. The van der Waals surface area contributed by atoms with Gasteiger partial charge in [0.2, 0.25) is 5.88 Å². The van der Waals surface area contributed by atoms with Gasteiger partial charge in [-0.15, -0.1) is 11.3 Å². The minimum absolute atomic E-state index is 0.000916. The number of carbonyl (C=O) groups excluding carboxylic acids is 1. The Morgan fingerprint density at radius 3 is 2.94 bits per heavy atom. The van der Waals surface area contributed by atoms with Gasteiger partial charge in [0.15, 0.2) is 5.13 Å². The number of carbonyl (C=O) groups is 1. The van der Waals surface area contributed by atoms with Gasteiger partial charge in [-0.1, -0.05) is 0 Å². The number of piperazine rings is 1. The lowest BCUT2D eigenvalue weighted by Crippen LogP contribution is -2.43. The normalized spacial score (nSPS) is 13.9. The third-order valence-electron chi connectivity index (χ3n) is 5.56. The molecule has 4 heterocycles. The number of hydrogen-bond acceptors (Lipinski definition) is 9. The van der Waals surface area contributed by atoms with E-state index < -0.39 is 0 Å². The first kappa shape index (κ1) is 22.1. The highest BCUT2D eigenvalue weighted by Crippen LogP contribution is 2.34. The number of hydrogen-bond donors (Lipinski definition) is 4. The molecule has 0 unspecified atom stereocenters. The first-order valence-corrected chi connectivity index (χ1v) is 11.8. The highest BCUT2D eigenvalue weighted by atomic mass is 32.1. The van der Waals surface area contributed by atoms with Crippen LogP contribution in [0.25, 0.3) is 15.9 Å². The van der Waals surface area contributed by atoms with Crippen molar-refractivity contribution in [3.63, 3.8) is 0 Å². The van der Waals surface area contributed by atoms with Gasteiger partial charge in [-0.3, -0.25) is 14.3 Å². The molecule has 0 saturated carbocycles. The van der Waals surface area contributed by atoms with Gasteiger partial charge in [0.1, 0.15) is 18.1 Å². The number of nitrogens with zero attached hydrogens (tertiary/aromatic N) is 4. The molecule has 10 nitrogen and oxygen atoms in total. The molecule has 176 valence electrons. The highest BCUT2D eigenvalue weighted by molar-refractivity contribution is 7.12. The minimum Gasteiger partial charge on any atom is -0.494 e. The lowest BCUT2D eigenvalue weighted by Gasteiger charge is -2.30. The van der Waals surface area contributed by atoms with Gasteiger partial charge < -0.3 is 30.5 Å². The zero-order chi connectivity index (χ0) is 23.5. The standard InChI is InChI=1S/C23H24N6O4S/c30-9-10-33-16-2-1-15-13-29(22(32)17(15)11-16)23-27-19(14-34-23)21(31)26-18-12-25-4-3-20(18)28-7-5-24-6-8-28/h1-4,11-14,24,30,32H,5-10H2,(H,26,31). The SMILES string of the molecule is O=C(Nc1cnccc1N1CCNCC1)c1csc(-n2cc3ccc(OCCO)cc3c2O)n1. The maximum atomic E-state index is 13.0. The zero-order valence-corrected chi connectivity index (χ0v) is 19.1. The van der Waals surface area contributed by atoms with Crippen LogP contribution in [0.4, 0.5) is 11.4 Å². The summed E-state index contributed by atoms with van der Waals surface area (Å²) < 4.78 is 6.97. The topological polar surface area (TPSA) is 125 Å². The number of aliphatic hydroxyl groups excluding tert-OH is 1. The Balaban J connectivity index is 1.37. The molecule has 0 bridgehead atoms. The summed E-state index contributed by atoms with van der Waals surface area (Å²) in [4.78, 5) is 23.8. The van der Waals surface area contributed by atoms with Crippen LogP contribution >= 0.6 is 11.3 Å². The van der Waals surface area contributed by atoms with Crippen molar-refractivity contribution >= 4 is 39.4 Å². The molecule has 0 aliphatic carbocycles. The van der Waals surface area contributed by atoms with Crippen molar-refractivity contribution in [2.75, 3.05) is 49.6 Å². The fraction of sp³-hybridized carbons (Fsp3) is 0.261. The van der Waals surface area contributed by atoms with Crippen molar-refractivity contribution in [1.29, 1.82) is 0 Å². The van der Waals surface area contributed by atoms with Crippen LogP contribution in [0.3, 0.4) is 0 Å². The van der Waals surface area contributed by atoms with Gasteiger partial charge in [0, 0.05) is 54.7 Å². The number of nitrogens with one attached hydrogen (secondary N) is 2. The van der Waals surface area contributed by atoms with Gasteiger partial charge in [0.05, 0.1) is 24.2 Å². The Kier molecular flexibility index (Phi) is 6.30. The van der Waals surface area contributed by atoms with Gasteiger partial charge in [-0.05, 0) is 24.3 Å². The largest absolute Gasteiger partial charge is 0.494 e. The maximum Gasteiger partial charge on any atom is 0.275 e. The number of pyridine rings is 1. The average molecular weight is 481 g/mol. The van der Waals surface area contributed by atoms with Gasteiger partial charge in [-0.25, -0.2) is 4.98 Å². The van der Waals surface area contributed by atoms with E-state index in [0.717, 1.165) is 37.3 Å². The smallest absolute Gasteiger partial charge is 0.275 e. The van der Waals surface area contributed by atoms with E-state index in [2.05, 4.69) is 25.5 Å². The molecule has 0 spiro atoms. The third-order valence-corrected chi connectivity index (χ3v) is 6.40. The van der Waals surface area contributed by atoms with Crippen LogP contribution in [0.5, 0.6) is 11.6 Å². The van der Waals surface area contributed by atoms with Crippen molar-refractivity contribution in [3.05, 3.63) is 53.9 Å². The molecule has 0 radical (unpaired) electrons. The van der Waals surface area contributed by atoms with E-state index in [1.807, 2.05) is 12.1 Å². The van der Waals surface area contributed by atoms with Crippen LogP contribution in [0.1, 0.15) is 10.5 Å². The molecule has 1 aliphatic heterocycles. The molecule has 34 heavy (non-hydrogen) atoms. The number of anilines is 2. The van der Waals surface area contributed by atoms with Crippen molar-refractivity contribution < 1.29 is 19.7 Å². The zero-order valence-electron chi connectivity index (χ0n) is 18.3. The number of aliphatic hydroxyl groups is 1. The van der Waals surface area contributed by atoms with Crippen LogP contribution in [0.15, 0.2) is 48.2 Å². The fourth-order valence-corrected chi connectivity index (χ4v) is 4.68. The quantitative estimate of drug-likeness (QED) is 0.317. The summed E-state index contributed by atoms with van der Waals surface area (Å²) in [5.74, 6) is 0.201. The lowest BCUT2D eigenvalue weighted by atomic mass is 10.2. The number of aromatic hydroxyl groups is 1. The van der Waals surface area contributed by atoms with Crippen LogP contribution in [0.2, 0.25) is 0 Å². The molecule has 1 aromatic carbocycles. The number of benzene rings is 1. The molecule has 0 atom stereocenters. The predicted octanol–water partition coefficient (Wildman–Crippen LogP) is 2.22. The summed E-state index contributed by atoms with van der Waals surface area (Å²) in [7, 11) is 0. The maximum absolute atomic E-state index is 13.0. The summed E-state index contributed by atoms with van der Waals surface area (Å²) in [6.07, 6.45) is 5.11. The molecule has 4 aromatic rings. The van der Waals surface area contributed by atoms with Crippen LogP contribution in [0, 0.1) is 0 Å². The van der Waals surface area contributed by atoms with Gasteiger partial charge in [0.25, 0.3) is 5.91 Å². The Morgan fingerprint density at radius 1 is 1.26 bits per heavy atom. The van der Waals surface area contributed by atoms with Crippen LogP contribution < -0.4 is 20.3 Å². The van der Waals surface area contributed by atoms with Crippen LogP contribution in [-0.2, 0) is 0 Å². The number of amides is 1. The van der Waals surface area contributed by atoms with E-state index in [4.69, 9.17) is 9.84 Å². The van der Waals surface area contributed by atoms with E-state index in [1.165, 1.54) is 15.9 Å². The predicted molar refractivity (Wildman–Crippen MR) is 130 cm³/mol. The number of aromatic nitrogens is 3. The summed E-state index contributed by atoms with van der Waals surface area (Å²) in [5.41, 5.74) is 1.81. The van der Waals surface area contributed by atoms with Gasteiger partial charge in [-0.2, -0.15) is 0 Å². The molecule has 1 saturated heterocycles. The molecule has 11 heteroatoms. The minimum atomic E-state index is -0.345. The third kappa shape index (κ3) is 4.40. The summed E-state index contributed by atoms with van der Waals surface area (Å²) in [6, 6.07) is 7.19. The van der Waals surface area contributed by atoms with E-state index in [1.54, 1.807) is 36.1 Å². The Morgan fingerprint density at radius 2 is 2.12 bits per heavy atom. The van der Waals surface area contributed by atoms with E-state index in [-0.39, 0.29) is 30.7 Å². The van der Waals surface area contributed by atoms with Crippen molar-refractivity contribution in [1.82, 2.24) is 19.9 Å². The molecule has 5 rings (SSSR count). The summed E-state index contributed by atoms with van der Waals surface area (Å²) >= 11 is 1.25. The van der Waals surface area contributed by atoms with Crippen molar-refractivity contribution in [3.8, 4) is 16.8 Å². The van der Waals surface area contributed by atoms with Crippen molar-refractivity contribution in [2.24, 2.45) is 0 Å². The van der Waals surface area contributed by atoms with E-state index in [0.29, 0.717) is 22.0 Å². The monoisotopic (exact) mass is 480 g/mol. The second-order valence-corrected chi connectivity index (χ2v) is 8.58. The first-order valence-electron chi connectivity index (χ1n) is 10.9. The molecular weight excluding hydrogens is 456 g/mol. The second-order valence-electron chi connectivity index (χ2n) is 7.74. The highest BCUT2D eigenvalue weighted by Gasteiger charge is 2.19. The second kappa shape index (κ2) is 9.67. The summed E-state index contributed by atoms with van der Waals surface area (Å²) in [6.45, 7) is 3.54. The van der Waals surface area contributed by atoms with Crippen molar-refractivity contribution in [2.45, 2.75) is 0 Å². The Bertz CT molecular complexity index is 1310. The Hall–Kier alpha value is -3.67. The van der Waals surface area contributed by atoms with E-state index in [9.17, 15) is 9.90 Å². The molecule has 4 N–H and O–H groups in total. The molecule has 1 fully saturated rings. The van der Waals surface area contributed by atoms with Gasteiger partial charge >= 0.3 is 0 Å². The summed E-state index contributed by atoms with van der Waals surface area (Å²) in [5, 5.41) is 29.5.